The summed E-state index contributed by atoms with van der Waals surface area (Å²) in [6.45, 7) is 16.0. The summed E-state index contributed by atoms with van der Waals surface area (Å²) in [7, 11) is 0. The molecular weight excluding hydrogens is 340 g/mol. The van der Waals surface area contributed by atoms with E-state index in [4.69, 9.17) is 4.74 Å². The van der Waals surface area contributed by atoms with E-state index in [9.17, 15) is 9.90 Å². The largest absolute Gasteiger partial charge is 0.391 e. The van der Waals surface area contributed by atoms with Crippen molar-refractivity contribution in [1.29, 1.82) is 0 Å². The van der Waals surface area contributed by atoms with Crippen molar-refractivity contribution < 1.29 is 14.6 Å². The highest BCUT2D eigenvalue weighted by molar-refractivity contribution is 5.98. The Hall–Kier alpha value is -1.59. The lowest BCUT2D eigenvalue weighted by atomic mass is 9.89. The Morgan fingerprint density at radius 1 is 1.26 bits per heavy atom. The van der Waals surface area contributed by atoms with Crippen molar-refractivity contribution in [3.05, 3.63) is 28.8 Å². The number of amides is 1. The van der Waals surface area contributed by atoms with Gasteiger partial charge in [-0.25, -0.2) is 0 Å². The van der Waals surface area contributed by atoms with Crippen molar-refractivity contribution in [1.82, 2.24) is 5.32 Å². The van der Waals surface area contributed by atoms with Gasteiger partial charge in [-0.05, 0) is 47.9 Å². The fourth-order valence-electron chi connectivity index (χ4n) is 3.64. The number of morpholine rings is 1. The molecule has 27 heavy (non-hydrogen) atoms. The number of nitrogens with one attached hydrogen (secondary N) is 1. The maximum atomic E-state index is 12.9. The van der Waals surface area contributed by atoms with Gasteiger partial charge in [-0.15, -0.1) is 0 Å². The third-order valence-electron chi connectivity index (χ3n) is 4.92. The number of ether oxygens (including phenoxy) is 1. The van der Waals surface area contributed by atoms with Gasteiger partial charge in [0.05, 0.1) is 19.3 Å². The van der Waals surface area contributed by atoms with Crippen molar-refractivity contribution in [2.45, 2.75) is 60.0 Å². The summed E-state index contributed by atoms with van der Waals surface area (Å²) < 4.78 is 5.45. The van der Waals surface area contributed by atoms with Crippen LogP contribution in [0.5, 0.6) is 0 Å². The summed E-state index contributed by atoms with van der Waals surface area (Å²) in [5.74, 6) is 0.141. The van der Waals surface area contributed by atoms with Crippen molar-refractivity contribution >= 4 is 11.6 Å². The number of hydrogen-bond acceptors (Lipinski definition) is 4. The number of aliphatic hydroxyl groups is 1. The lowest BCUT2D eigenvalue weighted by Crippen LogP contribution is -2.37. The van der Waals surface area contributed by atoms with Gasteiger partial charge < -0.3 is 20.1 Å². The average Bonchev–Trinajstić information content (AvgIpc) is 2.58. The monoisotopic (exact) mass is 376 g/mol. The molecule has 1 aromatic carbocycles. The van der Waals surface area contributed by atoms with Crippen LogP contribution in [0.4, 0.5) is 5.69 Å². The lowest BCUT2D eigenvalue weighted by molar-refractivity contribution is 0.0867. The van der Waals surface area contributed by atoms with E-state index in [-0.39, 0.29) is 23.8 Å². The van der Waals surface area contributed by atoms with Crippen LogP contribution in [-0.4, -0.2) is 50.0 Å². The minimum Gasteiger partial charge on any atom is -0.391 e. The number of aryl methyl sites for hydroxylation is 1. The van der Waals surface area contributed by atoms with Crippen LogP contribution in [0, 0.1) is 12.3 Å². The van der Waals surface area contributed by atoms with E-state index in [2.05, 4.69) is 57.0 Å². The molecule has 2 N–H and O–H groups in total. The van der Waals surface area contributed by atoms with E-state index in [0.29, 0.717) is 6.42 Å². The van der Waals surface area contributed by atoms with E-state index >= 15 is 0 Å². The minimum absolute atomic E-state index is 0.0307. The minimum atomic E-state index is -0.538. The number of rotatable bonds is 6. The highest BCUT2D eigenvalue weighted by atomic mass is 16.5. The Morgan fingerprint density at radius 3 is 2.44 bits per heavy atom. The summed E-state index contributed by atoms with van der Waals surface area (Å²) in [6, 6.07) is 4.24. The SMILES string of the molecule is Cc1cc(N2CCOCC2)cc(C(C)C)c1C(=O)NCC(O)CC(C)(C)C. The molecule has 1 heterocycles. The van der Waals surface area contributed by atoms with Crippen LogP contribution in [0.2, 0.25) is 0 Å². The first-order valence-corrected chi connectivity index (χ1v) is 10.0. The Labute approximate surface area is 164 Å². The van der Waals surface area contributed by atoms with E-state index < -0.39 is 6.10 Å². The third-order valence-corrected chi connectivity index (χ3v) is 4.92. The summed E-state index contributed by atoms with van der Waals surface area (Å²) in [6.07, 6.45) is 0.114. The van der Waals surface area contributed by atoms with Crippen LogP contribution in [-0.2, 0) is 4.74 Å². The molecule has 1 aliphatic heterocycles. The fraction of sp³-hybridized carbons (Fsp3) is 0.682. The van der Waals surface area contributed by atoms with Gasteiger partial charge in [0, 0.05) is 30.9 Å². The number of hydrogen-bond donors (Lipinski definition) is 2. The Kier molecular flexibility index (Phi) is 7.29. The molecule has 5 heteroatoms. The Morgan fingerprint density at radius 2 is 1.89 bits per heavy atom. The first-order chi connectivity index (χ1) is 12.6. The summed E-state index contributed by atoms with van der Waals surface area (Å²) >= 11 is 0. The lowest BCUT2D eigenvalue weighted by Gasteiger charge is -2.30. The molecule has 1 atom stereocenters. The quantitative estimate of drug-likeness (QED) is 0.798. The van der Waals surface area contributed by atoms with Crippen molar-refractivity contribution in [2.75, 3.05) is 37.7 Å². The van der Waals surface area contributed by atoms with Crippen molar-refractivity contribution in [2.24, 2.45) is 5.41 Å². The van der Waals surface area contributed by atoms with Gasteiger partial charge in [0.15, 0.2) is 0 Å². The molecule has 2 rings (SSSR count). The van der Waals surface area contributed by atoms with E-state index in [1.165, 1.54) is 0 Å². The third kappa shape index (κ3) is 6.22. The standard InChI is InChI=1S/C22H36N2O3/c1-15(2)19-12-17(24-7-9-27-10-8-24)11-16(3)20(19)21(26)23-14-18(25)13-22(4,5)6/h11-12,15,18,25H,7-10,13-14H2,1-6H3,(H,23,26). The van der Waals surface area contributed by atoms with Crippen LogP contribution < -0.4 is 10.2 Å². The molecular formula is C22H36N2O3. The fourth-order valence-corrected chi connectivity index (χ4v) is 3.64. The molecule has 152 valence electrons. The van der Waals surface area contributed by atoms with E-state index in [1.807, 2.05) is 6.92 Å². The molecule has 1 aliphatic rings. The zero-order chi connectivity index (χ0) is 20.2. The smallest absolute Gasteiger partial charge is 0.251 e. The molecule has 0 bridgehead atoms. The molecule has 0 radical (unpaired) electrons. The number of carbonyl (C=O) groups excluding carboxylic acids is 1. The van der Waals surface area contributed by atoms with Gasteiger partial charge >= 0.3 is 0 Å². The first-order valence-electron chi connectivity index (χ1n) is 10.0. The molecule has 5 nitrogen and oxygen atoms in total. The van der Waals surface area contributed by atoms with Crippen LogP contribution in [0.15, 0.2) is 12.1 Å². The second-order valence-electron chi connectivity index (χ2n) is 9.11. The van der Waals surface area contributed by atoms with Crippen LogP contribution in [0.25, 0.3) is 0 Å². The average molecular weight is 377 g/mol. The summed E-state index contributed by atoms with van der Waals surface area (Å²) in [5, 5.41) is 13.1. The molecule has 1 saturated heterocycles. The molecule has 0 saturated carbocycles. The number of carbonyl (C=O) groups is 1. The van der Waals surface area contributed by atoms with Crippen molar-refractivity contribution in [3.8, 4) is 0 Å². The predicted molar refractivity (Wildman–Crippen MR) is 111 cm³/mol. The Balaban J connectivity index is 2.18. The van der Waals surface area contributed by atoms with Crippen LogP contribution in [0.1, 0.15) is 68.4 Å². The highest BCUT2D eigenvalue weighted by Crippen LogP contribution is 2.29. The molecule has 1 unspecified atom stereocenters. The van der Waals surface area contributed by atoms with E-state index in [0.717, 1.165) is 48.7 Å². The van der Waals surface area contributed by atoms with E-state index in [1.54, 1.807) is 0 Å². The zero-order valence-electron chi connectivity index (χ0n) is 17.8. The second-order valence-corrected chi connectivity index (χ2v) is 9.11. The highest BCUT2D eigenvalue weighted by Gasteiger charge is 2.22. The molecule has 1 aromatic rings. The second kappa shape index (κ2) is 9.07. The molecule has 0 spiro atoms. The van der Waals surface area contributed by atoms with Gasteiger partial charge in [0.1, 0.15) is 0 Å². The summed E-state index contributed by atoms with van der Waals surface area (Å²) in [5.41, 5.74) is 3.96. The van der Waals surface area contributed by atoms with Gasteiger partial charge in [0.2, 0.25) is 0 Å². The normalized spacial score (nSPS) is 16.5. The van der Waals surface area contributed by atoms with Gasteiger partial charge in [0.25, 0.3) is 5.91 Å². The van der Waals surface area contributed by atoms with Crippen LogP contribution in [0.3, 0.4) is 0 Å². The van der Waals surface area contributed by atoms with Gasteiger partial charge in [-0.3, -0.25) is 4.79 Å². The zero-order valence-corrected chi connectivity index (χ0v) is 17.8. The summed E-state index contributed by atoms with van der Waals surface area (Å²) in [4.78, 5) is 15.2. The predicted octanol–water partition coefficient (Wildman–Crippen LogP) is 3.48. The molecule has 0 aromatic heterocycles. The Bertz CT molecular complexity index is 644. The maximum absolute atomic E-state index is 12.9. The molecule has 1 amide bonds. The number of benzene rings is 1. The molecule has 1 fully saturated rings. The first kappa shape index (κ1) is 21.7. The number of nitrogens with zero attached hydrogens (tertiary/aromatic N) is 1. The number of anilines is 1. The number of aliphatic hydroxyl groups excluding tert-OH is 1. The van der Waals surface area contributed by atoms with Crippen molar-refractivity contribution in [3.63, 3.8) is 0 Å². The topological polar surface area (TPSA) is 61.8 Å². The molecule has 0 aliphatic carbocycles. The maximum Gasteiger partial charge on any atom is 0.251 e. The van der Waals surface area contributed by atoms with Crippen LogP contribution >= 0.6 is 0 Å². The van der Waals surface area contributed by atoms with Gasteiger partial charge in [-0.2, -0.15) is 0 Å². The van der Waals surface area contributed by atoms with Gasteiger partial charge in [-0.1, -0.05) is 34.6 Å².